The molecule has 0 amide bonds. The molecule has 0 unspecified atom stereocenters. The van der Waals surface area contributed by atoms with E-state index in [1.807, 2.05) is 36.4 Å². The van der Waals surface area contributed by atoms with E-state index in [9.17, 15) is 5.26 Å². The van der Waals surface area contributed by atoms with Gasteiger partial charge in [-0.05, 0) is 31.4 Å². The number of ether oxygens (including phenoxy) is 1. The second-order valence-corrected chi connectivity index (χ2v) is 8.01. The van der Waals surface area contributed by atoms with Gasteiger partial charge in [0.1, 0.15) is 11.9 Å². The minimum absolute atomic E-state index is 0.296. The zero-order valence-corrected chi connectivity index (χ0v) is 16.9. The summed E-state index contributed by atoms with van der Waals surface area (Å²) in [4.78, 5) is 4.89. The van der Waals surface area contributed by atoms with Crippen molar-refractivity contribution in [1.82, 2.24) is 4.98 Å². The fraction of sp³-hybridized carbons (Fsp3) is 0.280. The topological polar surface area (TPSA) is 57.9 Å². The van der Waals surface area contributed by atoms with E-state index in [0.717, 1.165) is 35.3 Å². The van der Waals surface area contributed by atoms with Gasteiger partial charge < -0.3 is 10.1 Å². The lowest BCUT2D eigenvalue weighted by Crippen LogP contribution is -2.33. The summed E-state index contributed by atoms with van der Waals surface area (Å²) in [7, 11) is 0. The molecule has 2 aromatic carbocycles. The highest BCUT2D eigenvalue weighted by Crippen LogP contribution is 2.37. The molecule has 4 nitrogen and oxygen atoms in total. The van der Waals surface area contributed by atoms with E-state index in [1.54, 1.807) is 0 Å². The van der Waals surface area contributed by atoms with Crippen molar-refractivity contribution in [3.63, 3.8) is 0 Å². The maximum atomic E-state index is 9.95. The minimum atomic E-state index is -0.296. The lowest BCUT2D eigenvalue weighted by molar-refractivity contribution is -0.0400. The van der Waals surface area contributed by atoms with Crippen LogP contribution >= 0.6 is 0 Å². The Morgan fingerprint density at radius 2 is 1.72 bits per heavy atom. The van der Waals surface area contributed by atoms with Gasteiger partial charge in [-0.1, -0.05) is 60.7 Å². The molecule has 2 heterocycles. The van der Waals surface area contributed by atoms with Gasteiger partial charge in [-0.2, -0.15) is 5.26 Å². The highest BCUT2D eigenvalue weighted by molar-refractivity contribution is 5.72. The van der Waals surface area contributed by atoms with Crippen LogP contribution in [-0.2, 0) is 24.2 Å². The highest BCUT2D eigenvalue weighted by atomic mass is 16.5. The van der Waals surface area contributed by atoms with Crippen LogP contribution < -0.4 is 5.32 Å². The molecule has 1 aliphatic heterocycles. The van der Waals surface area contributed by atoms with Gasteiger partial charge in [0.2, 0.25) is 0 Å². The van der Waals surface area contributed by atoms with Crippen molar-refractivity contribution in [1.29, 1.82) is 5.26 Å². The molecule has 29 heavy (non-hydrogen) atoms. The SMILES string of the molecule is CC1(C)Cc2c(C#N)c(NCCc3ccccc3)nc(-c3ccccc3)c2CO1. The van der Waals surface area contributed by atoms with E-state index in [1.165, 1.54) is 5.56 Å². The van der Waals surface area contributed by atoms with E-state index in [2.05, 4.69) is 49.5 Å². The summed E-state index contributed by atoms with van der Waals surface area (Å²) in [5, 5.41) is 13.4. The molecule has 3 aromatic rings. The van der Waals surface area contributed by atoms with Gasteiger partial charge in [-0.25, -0.2) is 4.98 Å². The van der Waals surface area contributed by atoms with Gasteiger partial charge in [0, 0.05) is 24.1 Å². The number of pyridine rings is 1. The third-order valence-corrected chi connectivity index (χ3v) is 5.33. The molecule has 1 aromatic heterocycles. The maximum absolute atomic E-state index is 9.95. The second kappa shape index (κ2) is 8.06. The third kappa shape index (κ3) is 4.16. The molecule has 1 N–H and O–H groups in total. The summed E-state index contributed by atoms with van der Waals surface area (Å²) in [6.07, 6.45) is 1.57. The average molecular weight is 383 g/mol. The summed E-state index contributed by atoms with van der Waals surface area (Å²) in [6.45, 7) is 5.33. The van der Waals surface area contributed by atoms with Crippen LogP contribution in [0, 0.1) is 11.3 Å². The lowest BCUT2D eigenvalue weighted by Gasteiger charge is -2.33. The predicted molar refractivity (Wildman–Crippen MR) is 116 cm³/mol. The number of aromatic nitrogens is 1. The van der Waals surface area contributed by atoms with Crippen LogP contribution in [0.15, 0.2) is 60.7 Å². The van der Waals surface area contributed by atoms with Gasteiger partial charge in [0.05, 0.1) is 23.5 Å². The number of benzene rings is 2. The number of nitrogens with one attached hydrogen (secondary N) is 1. The molecule has 0 spiro atoms. The van der Waals surface area contributed by atoms with Crippen LogP contribution in [0.1, 0.15) is 36.1 Å². The first-order chi connectivity index (χ1) is 14.1. The first kappa shape index (κ1) is 19.2. The molecule has 146 valence electrons. The van der Waals surface area contributed by atoms with E-state index in [0.29, 0.717) is 24.4 Å². The molecule has 0 aliphatic carbocycles. The van der Waals surface area contributed by atoms with Crippen LogP contribution in [0.3, 0.4) is 0 Å². The molecule has 0 saturated carbocycles. The molecule has 0 saturated heterocycles. The predicted octanol–water partition coefficient (Wildman–Crippen LogP) is 5.13. The third-order valence-electron chi connectivity index (χ3n) is 5.33. The van der Waals surface area contributed by atoms with Crippen molar-refractivity contribution in [3.8, 4) is 17.3 Å². The Morgan fingerprint density at radius 1 is 1.03 bits per heavy atom. The van der Waals surface area contributed by atoms with Crippen molar-refractivity contribution in [2.24, 2.45) is 0 Å². The number of hydrogen-bond donors (Lipinski definition) is 1. The molecule has 0 bridgehead atoms. The number of fused-ring (bicyclic) bond motifs is 1. The number of rotatable bonds is 5. The summed E-state index contributed by atoms with van der Waals surface area (Å²) in [5.41, 5.74) is 5.63. The fourth-order valence-electron chi connectivity index (χ4n) is 3.82. The van der Waals surface area contributed by atoms with Gasteiger partial charge in [0.15, 0.2) is 0 Å². The summed E-state index contributed by atoms with van der Waals surface area (Å²) >= 11 is 0. The van der Waals surface area contributed by atoms with Gasteiger partial charge >= 0.3 is 0 Å². The van der Waals surface area contributed by atoms with Crippen molar-refractivity contribution in [2.75, 3.05) is 11.9 Å². The standard InChI is InChI=1S/C25H25N3O/c1-25(2)15-20-21(16-26)24(27-14-13-18-9-5-3-6-10-18)28-23(22(20)17-29-25)19-11-7-4-8-12-19/h3-12H,13-15,17H2,1-2H3,(H,27,28). The van der Waals surface area contributed by atoms with E-state index < -0.39 is 0 Å². The molecule has 4 rings (SSSR count). The largest absolute Gasteiger partial charge is 0.370 e. The number of hydrogen-bond acceptors (Lipinski definition) is 4. The normalized spacial score (nSPS) is 14.7. The Balaban J connectivity index is 1.73. The number of nitrogens with zero attached hydrogens (tertiary/aromatic N) is 2. The highest BCUT2D eigenvalue weighted by Gasteiger charge is 2.32. The first-order valence-corrected chi connectivity index (χ1v) is 10.0. The monoisotopic (exact) mass is 383 g/mol. The van der Waals surface area contributed by atoms with Crippen molar-refractivity contribution in [3.05, 3.63) is 82.9 Å². The molecular weight excluding hydrogens is 358 g/mol. The second-order valence-electron chi connectivity index (χ2n) is 8.01. The zero-order chi connectivity index (χ0) is 20.3. The van der Waals surface area contributed by atoms with Crippen molar-refractivity contribution >= 4 is 5.82 Å². The Labute approximate surface area is 172 Å². The molecule has 0 fully saturated rings. The maximum Gasteiger partial charge on any atom is 0.144 e. The van der Waals surface area contributed by atoms with Crippen LogP contribution in [-0.4, -0.2) is 17.1 Å². The number of anilines is 1. The number of nitriles is 1. The lowest BCUT2D eigenvalue weighted by atomic mass is 9.87. The van der Waals surface area contributed by atoms with Crippen molar-refractivity contribution < 1.29 is 4.74 Å². The first-order valence-electron chi connectivity index (χ1n) is 10.0. The molecule has 1 aliphatic rings. The fourth-order valence-corrected chi connectivity index (χ4v) is 3.82. The smallest absolute Gasteiger partial charge is 0.144 e. The molecular formula is C25H25N3O. The van der Waals surface area contributed by atoms with E-state index in [-0.39, 0.29) is 5.60 Å². The van der Waals surface area contributed by atoms with Crippen LogP contribution in [0.25, 0.3) is 11.3 Å². The summed E-state index contributed by atoms with van der Waals surface area (Å²) in [6, 6.07) is 22.9. The van der Waals surface area contributed by atoms with Gasteiger partial charge in [0.25, 0.3) is 0 Å². The van der Waals surface area contributed by atoms with E-state index >= 15 is 0 Å². The van der Waals surface area contributed by atoms with Crippen LogP contribution in [0.4, 0.5) is 5.82 Å². The van der Waals surface area contributed by atoms with Crippen molar-refractivity contribution in [2.45, 2.75) is 38.9 Å². The Bertz CT molecular complexity index is 1040. The average Bonchev–Trinajstić information content (AvgIpc) is 2.74. The molecule has 0 atom stereocenters. The Hall–Kier alpha value is -3.16. The molecule has 0 radical (unpaired) electrons. The zero-order valence-electron chi connectivity index (χ0n) is 16.9. The van der Waals surface area contributed by atoms with Crippen LogP contribution in [0.5, 0.6) is 0 Å². The summed E-state index contributed by atoms with van der Waals surface area (Å²) in [5.74, 6) is 0.665. The minimum Gasteiger partial charge on any atom is -0.370 e. The quantitative estimate of drug-likeness (QED) is 0.664. The Kier molecular flexibility index (Phi) is 5.33. The van der Waals surface area contributed by atoms with E-state index in [4.69, 9.17) is 9.72 Å². The molecule has 4 heteroatoms. The van der Waals surface area contributed by atoms with Gasteiger partial charge in [-0.15, -0.1) is 0 Å². The summed E-state index contributed by atoms with van der Waals surface area (Å²) < 4.78 is 6.06. The van der Waals surface area contributed by atoms with Crippen LogP contribution in [0.2, 0.25) is 0 Å². The Morgan fingerprint density at radius 3 is 2.41 bits per heavy atom. The van der Waals surface area contributed by atoms with Gasteiger partial charge in [-0.3, -0.25) is 0 Å².